The number of halogens is 1. The molecule has 0 aliphatic carbocycles. The van der Waals surface area contributed by atoms with Crippen LogP contribution in [0.5, 0.6) is 11.5 Å². The van der Waals surface area contributed by atoms with Gasteiger partial charge in [0.1, 0.15) is 17.0 Å². The van der Waals surface area contributed by atoms with E-state index >= 15 is 0 Å². The minimum absolute atomic E-state index is 0.0596. The minimum atomic E-state index is -0.966. The van der Waals surface area contributed by atoms with Gasteiger partial charge in [-0.2, -0.15) is 0 Å². The number of likely N-dealkylation sites (tertiary alicyclic amines) is 2. The molecule has 5 rings (SSSR count). The lowest BCUT2D eigenvalue weighted by Crippen LogP contribution is -2.59. The van der Waals surface area contributed by atoms with E-state index in [4.69, 9.17) is 16.3 Å². The number of carbonyl (C=O) groups excluding carboxylic acids is 1. The summed E-state index contributed by atoms with van der Waals surface area (Å²) in [5.41, 5.74) is 0.547. The third kappa shape index (κ3) is 6.64. The molecular weight excluding hydrogens is 550 g/mol. The number of hydrogen-bond acceptors (Lipinski definition) is 5. The molecule has 2 saturated heterocycles. The molecule has 1 amide bonds. The van der Waals surface area contributed by atoms with Gasteiger partial charge in [-0.3, -0.25) is 19.4 Å². The lowest BCUT2D eigenvalue weighted by Gasteiger charge is -2.46. The first-order chi connectivity index (χ1) is 20.2. The molecule has 0 atom stereocenters. The zero-order valence-electron chi connectivity index (χ0n) is 24.4. The Balaban J connectivity index is 1.19. The average Bonchev–Trinajstić information content (AvgIpc) is 3.00. The first-order valence-corrected chi connectivity index (χ1v) is 15.1. The highest BCUT2D eigenvalue weighted by Gasteiger charge is 2.47. The second-order valence-corrected chi connectivity index (χ2v) is 12.4. The van der Waals surface area contributed by atoms with Crippen molar-refractivity contribution in [3.8, 4) is 11.5 Å². The molecule has 3 aromatic rings. The minimum Gasteiger partial charge on any atom is -0.480 e. The predicted molar refractivity (Wildman–Crippen MR) is 165 cm³/mol. The number of nitrogens with one attached hydrogen (secondary N) is 1. The molecule has 3 aromatic carbocycles. The first-order valence-electron chi connectivity index (χ1n) is 14.8. The molecule has 0 unspecified atom stereocenters. The summed E-state index contributed by atoms with van der Waals surface area (Å²) in [6.07, 6.45) is 2.94. The summed E-state index contributed by atoms with van der Waals surface area (Å²) < 4.78 is 6.01. The molecule has 2 aliphatic rings. The second kappa shape index (κ2) is 12.9. The van der Waals surface area contributed by atoms with Crippen LogP contribution in [0.2, 0.25) is 5.02 Å². The number of nitrogens with zero attached hydrogens (tertiary/aromatic N) is 2. The molecular formula is C34H40ClN3O4. The van der Waals surface area contributed by atoms with Gasteiger partial charge in [-0.1, -0.05) is 66.2 Å². The van der Waals surface area contributed by atoms with E-state index in [1.165, 1.54) is 5.56 Å². The van der Waals surface area contributed by atoms with Crippen molar-refractivity contribution in [1.29, 1.82) is 0 Å². The van der Waals surface area contributed by atoms with Crippen molar-refractivity contribution in [3.05, 3.63) is 95.0 Å². The Morgan fingerprint density at radius 2 is 1.62 bits per heavy atom. The van der Waals surface area contributed by atoms with Crippen molar-refractivity contribution in [2.24, 2.45) is 0 Å². The quantitative estimate of drug-likeness (QED) is 0.313. The maximum atomic E-state index is 14.0. The van der Waals surface area contributed by atoms with Crippen molar-refractivity contribution < 1.29 is 19.4 Å². The summed E-state index contributed by atoms with van der Waals surface area (Å²) >= 11 is 6.26. The van der Waals surface area contributed by atoms with Crippen LogP contribution >= 0.6 is 11.6 Å². The molecule has 0 aromatic heterocycles. The van der Waals surface area contributed by atoms with Gasteiger partial charge in [0.05, 0.1) is 10.4 Å². The number of para-hydroxylation sites is 1. The van der Waals surface area contributed by atoms with Gasteiger partial charge in [0.2, 0.25) is 5.91 Å². The molecule has 8 heteroatoms. The largest absolute Gasteiger partial charge is 0.480 e. The van der Waals surface area contributed by atoms with Crippen LogP contribution in [0.25, 0.3) is 0 Å². The maximum Gasteiger partial charge on any atom is 0.323 e. The van der Waals surface area contributed by atoms with Gasteiger partial charge in [-0.25, -0.2) is 0 Å². The summed E-state index contributed by atoms with van der Waals surface area (Å²) in [7, 11) is 0. The van der Waals surface area contributed by atoms with Crippen LogP contribution in [0.3, 0.4) is 0 Å². The van der Waals surface area contributed by atoms with E-state index in [1.54, 1.807) is 13.8 Å². The van der Waals surface area contributed by atoms with Gasteiger partial charge < -0.3 is 15.2 Å². The molecule has 0 radical (unpaired) electrons. The number of ether oxygens (including phenoxy) is 1. The highest BCUT2D eigenvalue weighted by Crippen LogP contribution is 2.38. The molecule has 7 nitrogen and oxygen atoms in total. The van der Waals surface area contributed by atoms with Crippen LogP contribution in [0.4, 0.5) is 0 Å². The van der Waals surface area contributed by atoms with Crippen LogP contribution in [-0.4, -0.2) is 64.5 Å². The number of carboxylic acids is 1. The van der Waals surface area contributed by atoms with Crippen molar-refractivity contribution in [1.82, 2.24) is 15.1 Å². The molecule has 2 aliphatic heterocycles. The number of hydrogen-bond donors (Lipinski definition) is 2. The zero-order chi connectivity index (χ0) is 29.7. The third-order valence-corrected chi connectivity index (χ3v) is 9.30. The summed E-state index contributed by atoms with van der Waals surface area (Å²) in [4.78, 5) is 30.2. The number of carbonyl (C=O) groups is 2. The van der Waals surface area contributed by atoms with E-state index in [2.05, 4.69) is 22.3 Å². The van der Waals surface area contributed by atoms with E-state index in [9.17, 15) is 14.7 Å². The standard InChI is InChI=1S/C34H40ClN3O4/c1-33(2,32(40)41)38-21-17-34(18-22-38,26-10-4-3-5-11-26)31(39)36-27-15-19-37(20-16-27)24-25-9-8-12-28(23-25)42-30-14-7-6-13-29(30)35/h3-14,23,27H,15-22,24H2,1-2H3,(H,36,39)(H,40,41). The lowest BCUT2D eigenvalue weighted by molar-refractivity contribution is -0.151. The average molecular weight is 590 g/mol. The van der Waals surface area contributed by atoms with E-state index in [-0.39, 0.29) is 11.9 Å². The molecule has 0 spiro atoms. The second-order valence-electron chi connectivity index (χ2n) is 12.0. The fraction of sp³-hybridized carbons (Fsp3) is 0.412. The highest BCUT2D eigenvalue weighted by molar-refractivity contribution is 6.32. The predicted octanol–water partition coefficient (Wildman–Crippen LogP) is 6.11. The molecule has 42 heavy (non-hydrogen) atoms. The molecule has 2 heterocycles. The fourth-order valence-corrected chi connectivity index (χ4v) is 6.34. The number of rotatable bonds is 9. The number of carboxylic acid groups (broad SMARTS) is 1. The molecule has 2 N–H and O–H groups in total. The molecule has 222 valence electrons. The van der Waals surface area contributed by atoms with Crippen LogP contribution < -0.4 is 10.1 Å². The van der Waals surface area contributed by atoms with Gasteiger partial charge in [-0.15, -0.1) is 0 Å². The Labute approximate surface area is 253 Å². The lowest BCUT2D eigenvalue weighted by atomic mass is 9.71. The zero-order valence-corrected chi connectivity index (χ0v) is 25.1. The van der Waals surface area contributed by atoms with E-state index in [0.717, 1.165) is 43.8 Å². The fourth-order valence-electron chi connectivity index (χ4n) is 6.17. The Morgan fingerprint density at radius 1 is 0.952 bits per heavy atom. The van der Waals surface area contributed by atoms with Gasteiger partial charge in [-0.05, 0) is 74.9 Å². The Hall–Kier alpha value is -3.39. The topological polar surface area (TPSA) is 82.1 Å². The normalized spacial score (nSPS) is 18.4. The van der Waals surface area contributed by atoms with Crippen molar-refractivity contribution in [2.45, 2.75) is 63.1 Å². The highest BCUT2D eigenvalue weighted by atomic mass is 35.5. The summed E-state index contributed by atoms with van der Waals surface area (Å²) in [5, 5.41) is 13.7. The monoisotopic (exact) mass is 589 g/mol. The molecule has 0 saturated carbocycles. The number of piperidine rings is 2. The number of benzene rings is 3. The van der Waals surface area contributed by atoms with Crippen molar-refractivity contribution in [3.63, 3.8) is 0 Å². The van der Waals surface area contributed by atoms with Crippen molar-refractivity contribution >= 4 is 23.5 Å². The number of aliphatic carboxylic acids is 1. The number of amides is 1. The summed E-state index contributed by atoms with van der Waals surface area (Å²) in [6.45, 7) is 7.17. The van der Waals surface area contributed by atoms with Crippen LogP contribution in [0.1, 0.15) is 50.7 Å². The summed E-state index contributed by atoms with van der Waals surface area (Å²) in [5.74, 6) is 0.610. The summed E-state index contributed by atoms with van der Waals surface area (Å²) in [6, 6.07) is 25.6. The van der Waals surface area contributed by atoms with Crippen LogP contribution in [0, 0.1) is 0 Å². The smallest absolute Gasteiger partial charge is 0.323 e. The van der Waals surface area contributed by atoms with E-state index in [1.807, 2.05) is 71.6 Å². The molecule has 0 bridgehead atoms. The van der Waals surface area contributed by atoms with Gasteiger partial charge >= 0.3 is 5.97 Å². The van der Waals surface area contributed by atoms with Crippen LogP contribution in [0.15, 0.2) is 78.9 Å². The Morgan fingerprint density at radius 3 is 2.29 bits per heavy atom. The van der Waals surface area contributed by atoms with E-state index in [0.29, 0.717) is 36.7 Å². The molecule has 2 fully saturated rings. The third-order valence-electron chi connectivity index (χ3n) is 8.98. The van der Waals surface area contributed by atoms with Crippen molar-refractivity contribution in [2.75, 3.05) is 26.2 Å². The Bertz CT molecular complexity index is 1380. The van der Waals surface area contributed by atoms with Crippen LogP contribution in [-0.2, 0) is 21.5 Å². The SMILES string of the molecule is CC(C)(C(=O)O)N1CCC(C(=O)NC2CCN(Cc3cccc(Oc4ccccc4Cl)c3)CC2)(c2ccccc2)CC1. The van der Waals surface area contributed by atoms with Gasteiger partial charge in [0.25, 0.3) is 0 Å². The Kier molecular flexibility index (Phi) is 9.21. The van der Waals surface area contributed by atoms with Gasteiger partial charge in [0.15, 0.2) is 0 Å². The first kappa shape index (κ1) is 30.1. The van der Waals surface area contributed by atoms with E-state index < -0.39 is 16.9 Å². The maximum absolute atomic E-state index is 14.0. The van der Waals surface area contributed by atoms with Gasteiger partial charge in [0, 0.05) is 38.8 Å².